The molecule has 0 amide bonds. The molecule has 7 nitrogen and oxygen atoms in total. The number of aromatic nitrogens is 4. The molecule has 0 spiro atoms. The largest absolute Gasteiger partial charge is 0.353 e. The third kappa shape index (κ3) is 2.95. The molecule has 0 N–H and O–H groups in total. The standard InChI is InChI=1S/C15H16N6OS/c22-14-9-12(18-15-21(14)7-8-23-15)11-19-3-5-20(6-4-19)13-10-16-1-2-17-13/h1-2,7-10H,3-6,11H2. The fraction of sp³-hybridized carbons (Fsp3) is 0.333. The molecule has 3 aromatic heterocycles. The van der Waals surface area contributed by atoms with Gasteiger partial charge in [0.15, 0.2) is 4.96 Å². The zero-order valence-corrected chi connectivity index (χ0v) is 13.3. The summed E-state index contributed by atoms with van der Waals surface area (Å²) in [7, 11) is 0. The fourth-order valence-corrected chi connectivity index (χ4v) is 3.53. The average molecular weight is 328 g/mol. The van der Waals surface area contributed by atoms with Crippen molar-refractivity contribution < 1.29 is 0 Å². The number of piperazine rings is 1. The Hall–Kier alpha value is -2.32. The highest BCUT2D eigenvalue weighted by Gasteiger charge is 2.19. The molecule has 0 bridgehead atoms. The van der Waals surface area contributed by atoms with Crippen LogP contribution in [0.5, 0.6) is 0 Å². The predicted octanol–water partition coefficient (Wildman–Crippen LogP) is 0.868. The zero-order valence-electron chi connectivity index (χ0n) is 12.5. The number of fused-ring (bicyclic) bond motifs is 1. The summed E-state index contributed by atoms with van der Waals surface area (Å²) in [6, 6.07) is 1.63. The molecule has 1 aliphatic rings. The van der Waals surface area contributed by atoms with Crippen molar-refractivity contribution in [3.05, 3.63) is 52.3 Å². The highest BCUT2D eigenvalue weighted by molar-refractivity contribution is 7.15. The van der Waals surface area contributed by atoms with Crippen LogP contribution in [0.15, 0.2) is 41.0 Å². The zero-order chi connectivity index (χ0) is 15.6. The summed E-state index contributed by atoms with van der Waals surface area (Å²) in [6.07, 6.45) is 6.96. The topological polar surface area (TPSA) is 66.6 Å². The number of rotatable bonds is 3. The summed E-state index contributed by atoms with van der Waals surface area (Å²) in [5.74, 6) is 0.920. The summed E-state index contributed by atoms with van der Waals surface area (Å²) < 4.78 is 1.58. The number of hydrogen-bond acceptors (Lipinski definition) is 7. The second kappa shape index (κ2) is 6.05. The van der Waals surface area contributed by atoms with Gasteiger partial charge in [0.25, 0.3) is 5.56 Å². The molecule has 0 radical (unpaired) electrons. The van der Waals surface area contributed by atoms with Crippen LogP contribution < -0.4 is 10.5 Å². The first-order chi connectivity index (χ1) is 11.3. The Morgan fingerprint density at radius 3 is 2.83 bits per heavy atom. The molecule has 1 aliphatic heterocycles. The van der Waals surface area contributed by atoms with E-state index in [1.54, 1.807) is 35.3 Å². The van der Waals surface area contributed by atoms with Gasteiger partial charge in [0, 0.05) is 62.8 Å². The molecule has 0 aliphatic carbocycles. The molecule has 23 heavy (non-hydrogen) atoms. The highest BCUT2D eigenvalue weighted by Crippen LogP contribution is 2.13. The molecular formula is C15H16N6OS. The monoisotopic (exact) mass is 328 g/mol. The lowest BCUT2D eigenvalue weighted by atomic mass is 10.3. The van der Waals surface area contributed by atoms with Gasteiger partial charge in [-0.25, -0.2) is 9.97 Å². The molecule has 8 heteroatoms. The summed E-state index contributed by atoms with van der Waals surface area (Å²) in [5.41, 5.74) is 0.829. The maximum atomic E-state index is 12.0. The summed E-state index contributed by atoms with van der Waals surface area (Å²) in [4.78, 5) is 30.4. The van der Waals surface area contributed by atoms with Crippen molar-refractivity contribution in [2.75, 3.05) is 31.1 Å². The van der Waals surface area contributed by atoms with E-state index in [9.17, 15) is 4.79 Å². The molecular weight excluding hydrogens is 312 g/mol. The number of nitrogens with zero attached hydrogens (tertiary/aromatic N) is 6. The van der Waals surface area contributed by atoms with Gasteiger partial charge in [-0.05, 0) is 0 Å². The molecule has 0 aromatic carbocycles. The fourth-order valence-electron chi connectivity index (χ4n) is 2.79. The lowest BCUT2D eigenvalue weighted by Crippen LogP contribution is -2.46. The molecule has 1 saturated heterocycles. The van der Waals surface area contributed by atoms with Crippen molar-refractivity contribution in [3.8, 4) is 0 Å². The van der Waals surface area contributed by atoms with Crippen LogP contribution >= 0.6 is 11.3 Å². The normalized spacial score (nSPS) is 16.1. The van der Waals surface area contributed by atoms with Crippen LogP contribution in [-0.4, -0.2) is 50.4 Å². The van der Waals surface area contributed by atoms with E-state index < -0.39 is 0 Å². The van der Waals surface area contributed by atoms with Crippen LogP contribution in [-0.2, 0) is 6.54 Å². The van der Waals surface area contributed by atoms with Crippen molar-refractivity contribution in [2.24, 2.45) is 0 Å². The minimum atomic E-state index is -0.00977. The Balaban J connectivity index is 1.43. The number of anilines is 1. The molecule has 1 fully saturated rings. The molecule has 3 aromatic rings. The second-order valence-electron chi connectivity index (χ2n) is 5.47. The Morgan fingerprint density at radius 2 is 2.04 bits per heavy atom. The minimum absolute atomic E-state index is 0.00977. The summed E-state index contributed by atoms with van der Waals surface area (Å²) in [5, 5.41) is 1.88. The van der Waals surface area contributed by atoms with E-state index in [2.05, 4.69) is 24.8 Å². The average Bonchev–Trinajstić information content (AvgIpc) is 3.05. The molecule has 0 atom stereocenters. The van der Waals surface area contributed by atoms with Crippen molar-refractivity contribution >= 4 is 22.1 Å². The lowest BCUT2D eigenvalue weighted by Gasteiger charge is -2.34. The van der Waals surface area contributed by atoms with Gasteiger partial charge in [-0.2, -0.15) is 0 Å². The second-order valence-corrected chi connectivity index (χ2v) is 6.34. The first-order valence-electron chi connectivity index (χ1n) is 7.49. The van der Waals surface area contributed by atoms with Crippen LogP contribution in [0.4, 0.5) is 5.82 Å². The van der Waals surface area contributed by atoms with Crippen LogP contribution in [0.25, 0.3) is 4.96 Å². The van der Waals surface area contributed by atoms with Gasteiger partial charge in [0.2, 0.25) is 0 Å². The van der Waals surface area contributed by atoms with E-state index in [4.69, 9.17) is 0 Å². The molecule has 0 saturated carbocycles. The van der Waals surface area contributed by atoms with E-state index in [0.717, 1.165) is 42.7 Å². The number of hydrogen-bond donors (Lipinski definition) is 0. The van der Waals surface area contributed by atoms with Gasteiger partial charge in [-0.1, -0.05) is 0 Å². The van der Waals surface area contributed by atoms with Crippen LogP contribution in [0.1, 0.15) is 5.69 Å². The summed E-state index contributed by atoms with van der Waals surface area (Å²) in [6.45, 7) is 4.35. The lowest BCUT2D eigenvalue weighted by molar-refractivity contribution is 0.246. The van der Waals surface area contributed by atoms with Crippen LogP contribution in [0, 0.1) is 0 Å². The minimum Gasteiger partial charge on any atom is -0.353 e. The Kier molecular flexibility index (Phi) is 3.76. The van der Waals surface area contributed by atoms with Crippen molar-refractivity contribution in [1.29, 1.82) is 0 Å². The molecule has 118 valence electrons. The van der Waals surface area contributed by atoms with E-state index in [0.29, 0.717) is 6.54 Å². The smallest absolute Gasteiger partial charge is 0.258 e. The van der Waals surface area contributed by atoms with Gasteiger partial charge < -0.3 is 4.90 Å². The SMILES string of the molecule is O=c1cc(CN2CCN(c3cnccn3)CC2)nc2sccn12. The molecule has 4 heterocycles. The first kappa shape index (κ1) is 14.3. The van der Waals surface area contributed by atoms with E-state index in [1.807, 2.05) is 5.38 Å². The third-order valence-corrected chi connectivity index (χ3v) is 4.74. The number of thiazole rings is 1. The van der Waals surface area contributed by atoms with E-state index in [1.165, 1.54) is 11.3 Å². The van der Waals surface area contributed by atoms with E-state index in [-0.39, 0.29) is 5.56 Å². The molecule has 0 unspecified atom stereocenters. The Morgan fingerprint density at radius 1 is 1.17 bits per heavy atom. The maximum Gasteiger partial charge on any atom is 0.258 e. The van der Waals surface area contributed by atoms with Crippen LogP contribution in [0.3, 0.4) is 0 Å². The van der Waals surface area contributed by atoms with Crippen molar-refractivity contribution in [1.82, 2.24) is 24.3 Å². The van der Waals surface area contributed by atoms with Gasteiger partial charge in [-0.15, -0.1) is 11.3 Å². The highest BCUT2D eigenvalue weighted by atomic mass is 32.1. The Bertz CT molecular complexity index is 853. The quantitative estimate of drug-likeness (QED) is 0.711. The van der Waals surface area contributed by atoms with Gasteiger partial charge >= 0.3 is 0 Å². The Labute approximate surface area is 136 Å². The summed E-state index contributed by atoms with van der Waals surface area (Å²) >= 11 is 1.49. The maximum absolute atomic E-state index is 12.0. The third-order valence-electron chi connectivity index (χ3n) is 3.99. The predicted molar refractivity (Wildman–Crippen MR) is 88.9 cm³/mol. The first-order valence-corrected chi connectivity index (χ1v) is 8.37. The van der Waals surface area contributed by atoms with Crippen molar-refractivity contribution in [3.63, 3.8) is 0 Å². The van der Waals surface area contributed by atoms with Gasteiger partial charge in [0.1, 0.15) is 5.82 Å². The van der Waals surface area contributed by atoms with Gasteiger partial charge in [0.05, 0.1) is 11.9 Å². The van der Waals surface area contributed by atoms with Crippen LogP contribution in [0.2, 0.25) is 0 Å². The van der Waals surface area contributed by atoms with Gasteiger partial charge in [-0.3, -0.25) is 19.1 Å². The van der Waals surface area contributed by atoms with Crippen molar-refractivity contribution in [2.45, 2.75) is 6.54 Å². The van der Waals surface area contributed by atoms with E-state index >= 15 is 0 Å². The molecule has 4 rings (SSSR count).